The summed E-state index contributed by atoms with van der Waals surface area (Å²) < 4.78 is 6.51. The number of fused-ring (bicyclic) bond motifs is 6. The van der Waals surface area contributed by atoms with Crippen LogP contribution in [0.4, 0.5) is 17.1 Å². The monoisotopic (exact) mass is 815 g/mol. The molecular formula is C62H41NO. The standard InChI is InChI=1S/C62H41NO/c1-3-12-44(13-4-1)54-17-9-10-18-55(54)47-30-37-53(38-31-47)63(51-33-26-42(27-34-51)49-25-24-48-23-22-46-16-7-8-19-56(46)59(48)40-49)52-35-28-43(29-36-52)50-32-39-61-60(41-50)58-21-11-20-57(62(58)64-61)45-14-5-2-6-15-45/h1-41H. The quantitative estimate of drug-likeness (QED) is 0.142. The van der Waals surface area contributed by atoms with E-state index in [1.54, 1.807) is 0 Å². The zero-order chi connectivity index (χ0) is 42.4. The van der Waals surface area contributed by atoms with Crippen molar-refractivity contribution >= 4 is 60.5 Å². The van der Waals surface area contributed by atoms with Crippen LogP contribution in [0.15, 0.2) is 253 Å². The van der Waals surface area contributed by atoms with Crippen LogP contribution in [0.25, 0.3) is 99.1 Å². The fraction of sp³-hybridized carbons (Fsp3) is 0. The molecule has 0 spiro atoms. The fourth-order valence-corrected chi connectivity index (χ4v) is 9.45. The first-order valence-corrected chi connectivity index (χ1v) is 21.9. The minimum atomic E-state index is 0.889. The van der Waals surface area contributed by atoms with E-state index in [0.29, 0.717) is 0 Å². The fourth-order valence-electron chi connectivity index (χ4n) is 9.45. The van der Waals surface area contributed by atoms with Gasteiger partial charge in [0.1, 0.15) is 11.2 Å². The summed E-state index contributed by atoms with van der Waals surface area (Å²) in [5.74, 6) is 0. The molecule has 0 saturated heterocycles. The molecule has 11 aromatic carbocycles. The van der Waals surface area contributed by atoms with Gasteiger partial charge in [-0.2, -0.15) is 0 Å². The first-order valence-electron chi connectivity index (χ1n) is 21.9. The Morgan fingerprint density at radius 3 is 1.30 bits per heavy atom. The van der Waals surface area contributed by atoms with E-state index < -0.39 is 0 Å². The summed E-state index contributed by atoms with van der Waals surface area (Å²) in [5, 5.41) is 7.29. The van der Waals surface area contributed by atoms with E-state index in [1.165, 1.54) is 54.9 Å². The van der Waals surface area contributed by atoms with E-state index in [-0.39, 0.29) is 0 Å². The number of hydrogen-bond acceptors (Lipinski definition) is 2. The lowest BCUT2D eigenvalue weighted by Crippen LogP contribution is -2.09. The second kappa shape index (κ2) is 15.8. The van der Waals surface area contributed by atoms with Crippen LogP contribution in [0.2, 0.25) is 0 Å². The zero-order valence-electron chi connectivity index (χ0n) is 35.0. The van der Waals surface area contributed by atoms with E-state index in [9.17, 15) is 0 Å². The van der Waals surface area contributed by atoms with Crippen LogP contribution in [0.3, 0.4) is 0 Å². The van der Waals surface area contributed by atoms with Crippen LogP contribution < -0.4 is 4.90 Å². The summed E-state index contributed by atoms with van der Waals surface area (Å²) in [5.41, 5.74) is 16.8. The van der Waals surface area contributed by atoms with E-state index in [2.05, 4.69) is 248 Å². The Balaban J connectivity index is 0.919. The third-order valence-electron chi connectivity index (χ3n) is 12.7. The Kier molecular flexibility index (Phi) is 9.20. The van der Waals surface area contributed by atoms with Gasteiger partial charge in [0.25, 0.3) is 0 Å². The molecule has 2 heteroatoms. The molecule has 64 heavy (non-hydrogen) atoms. The lowest BCUT2D eigenvalue weighted by Gasteiger charge is -2.26. The number of nitrogens with zero attached hydrogens (tertiary/aromatic N) is 1. The van der Waals surface area contributed by atoms with Crippen LogP contribution in [-0.4, -0.2) is 0 Å². The van der Waals surface area contributed by atoms with Crippen LogP contribution >= 0.6 is 0 Å². The van der Waals surface area contributed by atoms with Gasteiger partial charge in [0.15, 0.2) is 0 Å². The smallest absolute Gasteiger partial charge is 0.143 e. The number of rotatable bonds is 8. The molecule has 0 aliphatic carbocycles. The largest absolute Gasteiger partial charge is 0.455 e. The van der Waals surface area contributed by atoms with Gasteiger partial charge >= 0.3 is 0 Å². The molecule has 300 valence electrons. The highest BCUT2D eigenvalue weighted by Crippen LogP contribution is 2.41. The van der Waals surface area contributed by atoms with Gasteiger partial charge in [0.05, 0.1) is 0 Å². The van der Waals surface area contributed by atoms with E-state index in [1.807, 2.05) is 6.07 Å². The molecule has 1 aromatic heterocycles. The van der Waals surface area contributed by atoms with E-state index in [4.69, 9.17) is 4.42 Å². The molecular weight excluding hydrogens is 775 g/mol. The van der Waals surface area contributed by atoms with Crippen molar-refractivity contribution in [3.8, 4) is 55.6 Å². The number of benzene rings is 11. The van der Waals surface area contributed by atoms with E-state index >= 15 is 0 Å². The Labute approximate surface area is 372 Å². The van der Waals surface area contributed by atoms with E-state index in [0.717, 1.165) is 61.3 Å². The van der Waals surface area contributed by atoms with Crippen LogP contribution in [0, 0.1) is 0 Å². The SMILES string of the molecule is c1ccc(-c2ccccc2-c2ccc(N(c3ccc(-c4ccc5ccc6ccccc6c5c4)cc3)c3ccc(-c4ccc5oc6c(-c7ccccc7)cccc6c5c4)cc3)cc2)cc1. The predicted molar refractivity (Wildman–Crippen MR) is 271 cm³/mol. The van der Waals surface area contributed by atoms with Crippen molar-refractivity contribution < 1.29 is 4.42 Å². The second-order valence-corrected chi connectivity index (χ2v) is 16.5. The molecule has 1 heterocycles. The molecule has 0 aliphatic heterocycles. The highest BCUT2D eigenvalue weighted by molar-refractivity contribution is 6.11. The van der Waals surface area contributed by atoms with Gasteiger partial charge in [0.2, 0.25) is 0 Å². The molecule has 0 saturated carbocycles. The van der Waals surface area contributed by atoms with Gasteiger partial charge in [0, 0.05) is 33.4 Å². The van der Waals surface area contributed by atoms with Crippen molar-refractivity contribution in [2.75, 3.05) is 4.90 Å². The summed E-state index contributed by atoms with van der Waals surface area (Å²) in [4.78, 5) is 2.35. The third kappa shape index (κ3) is 6.70. The number of anilines is 3. The number of furan rings is 1. The Hall–Kier alpha value is -8.46. The first kappa shape index (κ1) is 37.3. The van der Waals surface area contributed by atoms with Crippen molar-refractivity contribution in [1.29, 1.82) is 0 Å². The van der Waals surface area contributed by atoms with Crippen LogP contribution in [0.1, 0.15) is 0 Å². The lowest BCUT2D eigenvalue weighted by molar-refractivity contribution is 0.670. The second-order valence-electron chi connectivity index (χ2n) is 16.5. The summed E-state index contributed by atoms with van der Waals surface area (Å²) in [7, 11) is 0. The molecule has 0 fully saturated rings. The maximum atomic E-state index is 6.51. The first-order chi connectivity index (χ1) is 31.7. The molecule has 2 nitrogen and oxygen atoms in total. The molecule has 0 bridgehead atoms. The molecule has 0 atom stereocenters. The van der Waals surface area contributed by atoms with Gasteiger partial charge in [-0.1, -0.05) is 194 Å². The topological polar surface area (TPSA) is 16.4 Å². The molecule has 0 aliphatic rings. The van der Waals surface area contributed by atoms with Crippen LogP contribution in [-0.2, 0) is 0 Å². The van der Waals surface area contributed by atoms with Gasteiger partial charge in [-0.3, -0.25) is 0 Å². The molecule has 12 rings (SSSR count). The van der Waals surface area contributed by atoms with Gasteiger partial charge in [-0.15, -0.1) is 0 Å². The summed E-state index contributed by atoms with van der Waals surface area (Å²) in [6.45, 7) is 0. The highest BCUT2D eigenvalue weighted by atomic mass is 16.3. The molecule has 12 aromatic rings. The summed E-state index contributed by atoms with van der Waals surface area (Å²) in [6, 6.07) is 89.6. The molecule has 0 radical (unpaired) electrons. The van der Waals surface area contributed by atoms with Crippen molar-refractivity contribution in [3.63, 3.8) is 0 Å². The van der Waals surface area contributed by atoms with Crippen molar-refractivity contribution in [3.05, 3.63) is 249 Å². The Morgan fingerprint density at radius 1 is 0.250 bits per heavy atom. The molecule has 0 unspecified atom stereocenters. The third-order valence-corrected chi connectivity index (χ3v) is 12.7. The highest BCUT2D eigenvalue weighted by Gasteiger charge is 2.17. The van der Waals surface area contributed by atoms with Crippen LogP contribution in [0.5, 0.6) is 0 Å². The number of para-hydroxylation sites is 1. The normalized spacial score (nSPS) is 11.4. The zero-order valence-corrected chi connectivity index (χ0v) is 35.0. The van der Waals surface area contributed by atoms with Gasteiger partial charge in [-0.05, 0) is 126 Å². The maximum absolute atomic E-state index is 6.51. The Morgan fingerprint density at radius 2 is 0.672 bits per heavy atom. The predicted octanol–water partition coefficient (Wildman–Crippen LogP) is 17.7. The maximum Gasteiger partial charge on any atom is 0.143 e. The summed E-state index contributed by atoms with van der Waals surface area (Å²) >= 11 is 0. The molecule has 0 N–H and O–H groups in total. The lowest BCUT2D eigenvalue weighted by atomic mass is 9.94. The van der Waals surface area contributed by atoms with Crippen molar-refractivity contribution in [2.45, 2.75) is 0 Å². The summed E-state index contributed by atoms with van der Waals surface area (Å²) in [6.07, 6.45) is 0. The van der Waals surface area contributed by atoms with Crippen molar-refractivity contribution in [1.82, 2.24) is 0 Å². The molecule has 0 amide bonds. The van der Waals surface area contributed by atoms with Crippen molar-refractivity contribution in [2.24, 2.45) is 0 Å². The minimum absolute atomic E-state index is 0.889. The minimum Gasteiger partial charge on any atom is -0.455 e. The Bertz CT molecular complexity index is 3630. The van der Waals surface area contributed by atoms with Gasteiger partial charge in [-0.25, -0.2) is 0 Å². The van der Waals surface area contributed by atoms with Gasteiger partial charge < -0.3 is 9.32 Å². The average molecular weight is 816 g/mol. The average Bonchev–Trinajstić information content (AvgIpc) is 3.76. The number of hydrogen-bond donors (Lipinski definition) is 0.